The summed E-state index contributed by atoms with van der Waals surface area (Å²) in [6.45, 7) is 5.31. The summed E-state index contributed by atoms with van der Waals surface area (Å²) < 4.78 is 7.19. The molecule has 0 aromatic heterocycles. The van der Waals surface area contributed by atoms with Crippen molar-refractivity contribution in [3.63, 3.8) is 0 Å². The van der Waals surface area contributed by atoms with E-state index < -0.39 is 0 Å². The molecule has 0 spiro atoms. The lowest BCUT2D eigenvalue weighted by Crippen LogP contribution is -2.15. The van der Waals surface area contributed by atoms with Crippen LogP contribution in [-0.2, 0) is 9.53 Å². The second kappa shape index (κ2) is 7.92. The van der Waals surface area contributed by atoms with Gasteiger partial charge < -0.3 is 10.1 Å². The van der Waals surface area contributed by atoms with E-state index in [1.807, 2.05) is 18.2 Å². The van der Waals surface area contributed by atoms with Crippen molar-refractivity contribution in [2.75, 3.05) is 18.5 Å². The molecular weight excluding hydrogens is 362 g/mol. The second-order valence-electron chi connectivity index (χ2n) is 4.39. The Morgan fingerprint density at radius 2 is 2.11 bits per heavy atom. The van der Waals surface area contributed by atoms with E-state index in [1.54, 1.807) is 0 Å². The number of hydrogen-bond donors (Lipinski definition) is 1. The molecule has 0 aliphatic carbocycles. The Bertz CT molecular complexity index is 408. The minimum atomic E-state index is -0.0400. The van der Waals surface area contributed by atoms with E-state index in [2.05, 4.69) is 51.0 Å². The number of benzene rings is 1. The third kappa shape index (κ3) is 5.98. The molecule has 3 nitrogen and oxygen atoms in total. The summed E-state index contributed by atoms with van der Waals surface area (Å²) in [6, 6.07) is 5.63. The van der Waals surface area contributed by atoms with Gasteiger partial charge in [0.05, 0.1) is 18.7 Å². The first kappa shape index (κ1) is 15.7. The number of halogens is 2. The first-order valence-corrected chi connectivity index (χ1v) is 7.40. The first-order chi connectivity index (χ1) is 8.49. The van der Waals surface area contributed by atoms with Gasteiger partial charge in [-0.05, 0) is 40.0 Å². The molecule has 0 aliphatic heterocycles. The van der Waals surface area contributed by atoms with Crippen molar-refractivity contribution in [1.29, 1.82) is 0 Å². The maximum absolute atomic E-state index is 11.7. The first-order valence-electron chi connectivity index (χ1n) is 5.81. The average Bonchev–Trinajstić information content (AvgIpc) is 2.28. The van der Waals surface area contributed by atoms with Crippen molar-refractivity contribution < 1.29 is 9.53 Å². The van der Waals surface area contributed by atoms with Crippen LogP contribution in [0.15, 0.2) is 27.1 Å². The van der Waals surface area contributed by atoms with Crippen LogP contribution in [0.3, 0.4) is 0 Å². The molecule has 0 saturated carbocycles. The molecule has 5 heteroatoms. The largest absolute Gasteiger partial charge is 0.381 e. The highest BCUT2D eigenvalue weighted by atomic mass is 79.9. The van der Waals surface area contributed by atoms with Gasteiger partial charge in [0.1, 0.15) is 0 Å². The smallest absolute Gasteiger partial charge is 0.226 e. The van der Waals surface area contributed by atoms with Gasteiger partial charge in [0.2, 0.25) is 5.91 Å². The molecule has 0 heterocycles. The van der Waals surface area contributed by atoms with E-state index in [4.69, 9.17) is 4.74 Å². The zero-order valence-corrected chi connectivity index (χ0v) is 13.7. The lowest BCUT2D eigenvalue weighted by molar-refractivity contribution is -0.117. The van der Waals surface area contributed by atoms with Crippen LogP contribution in [0, 0.1) is 5.92 Å². The fraction of sp³-hybridized carbons (Fsp3) is 0.462. The van der Waals surface area contributed by atoms with Crippen LogP contribution in [0.4, 0.5) is 5.69 Å². The molecule has 0 saturated heterocycles. The van der Waals surface area contributed by atoms with Crippen molar-refractivity contribution in [2.24, 2.45) is 5.92 Å². The molecule has 0 radical (unpaired) electrons. The van der Waals surface area contributed by atoms with Crippen molar-refractivity contribution in [1.82, 2.24) is 0 Å². The van der Waals surface area contributed by atoms with E-state index in [1.165, 1.54) is 0 Å². The van der Waals surface area contributed by atoms with Crippen LogP contribution in [0.2, 0.25) is 0 Å². The molecule has 100 valence electrons. The fourth-order valence-electron chi connectivity index (χ4n) is 1.29. The molecule has 1 aromatic rings. The van der Waals surface area contributed by atoms with Crippen LogP contribution >= 0.6 is 31.9 Å². The minimum absolute atomic E-state index is 0.0400. The average molecular weight is 379 g/mol. The van der Waals surface area contributed by atoms with Gasteiger partial charge in [0, 0.05) is 15.6 Å². The van der Waals surface area contributed by atoms with E-state index in [0.717, 1.165) is 14.6 Å². The number of carbonyl (C=O) groups excluding carboxylic acids is 1. The highest BCUT2D eigenvalue weighted by molar-refractivity contribution is 9.11. The topological polar surface area (TPSA) is 38.3 Å². The Kier molecular flexibility index (Phi) is 6.89. The summed E-state index contributed by atoms with van der Waals surface area (Å²) in [5, 5.41) is 2.84. The molecule has 0 fully saturated rings. The number of anilines is 1. The van der Waals surface area contributed by atoms with Crippen LogP contribution in [0.1, 0.15) is 20.3 Å². The van der Waals surface area contributed by atoms with Crippen LogP contribution in [-0.4, -0.2) is 19.1 Å². The number of carbonyl (C=O) groups is 1. The zero-order valence-electron chi connectivity index (χ0n) is 10.5. The van der Waals surface area contributed by atoms with E-state index in [0.29, 0.717) is 25.6 Å². The molecule has 0 bridgehead atoms. The van der Waals surface area contributed by atoms with Crippen molar-refractivity contribution in [3.8, 4) is 0 Å². The summed E-state index contributed by atoms with van der Waals surface area (Å²) in [5.41, 5.74) is 0.770. The van der Waals surface area contributed by atoms with Gasteiger partial charge in [-0.1, -0.05) is 29.8 Å². The van der Waals surface area contributed by atoms with Gasteiger partial charge in [0.25, 0.3) is 0 Å². The van der Waals surface area contributed by atoms with E-state index >= 15 is 0 Å². The third-order valence-corrected chi connectivity index (χ3v) is 3.28. The lowest BCUT2D eigenvalue weighted by atomic mass is 10.2. The van der Waals surface area contributed by atoms with Crippen molar-refractivity contribution in [3.05, 3.63) is 27.1 Å². The van der Waals surface area contributed by atoms with Crippen LogP contribution < -0.4 is 5.32 Å². The molecule has 1 rings (SSSR count). The standard InChI is InChI=1S/C13H17Br2NO2/c1-9(2)8-18-6-5-13(17)16-12-4-3-10(14)7-11(12)15/h3-4,7,9H,5-6,8H2,1-2H3,(H,16,17). The lowest BCUT2D eigenvalue weighted by Gasteiger charge is -2.09. The summed E-state index contributed by atoms with van der Waals surface area (Å²) in [5.74, 6) is 0.454. The second-order valence-corrected chi connectivity index (χ2v) is 6.16. The van der Waals surface area contributed by atoms with E-state index in [-0.39, 0.29) is 5.91 Å². The Balaban J connectivity index is 2.35. The quantitative estimate of drug-likeness (QED) is 0.753. The molecule has 0 unspecified atom stereocenters. The van der Waals surface area contributed by atoms with Crippen LogP contribution in [0.25, 0.3) is 0 Å². The molecule has 0 aliphatic rings. The molecule has 18 heavy (non-hydrogen) atoms. The molecular formula is C13H17Br2NO2. The van der Waals surface area contributed by atoms with Gasteiger partial charge >= 0.3 is 0 Å². The maximum Gasteiger partial charge on any atom is 0.226 e. The number of nitrogens with one attached hydrogen (secondary N) is 1. The third-order valence-electron chi connectivity index (χ3n) is 2.13. The van der Waals surface area contributed by atoms with Crippen LogP contribution in [0.5, 0.6) is 0 Å². The molecule has 1 aromatic carbocycles. The maximum atomic E-state index is 11.7. The fourth-order valence-corrected chi connectivity index (χ4v) is 2.43. The number of ether oxygens (including phenoxy) is 1. The minimum Gasteiger partial charge on any atom is -0.381 e. The number of amides is 1. The Morgan fingerprint density at radius 3 is 2.72 bits per heavy atom. The van der Waals surface area contributed by atoms with Gasteiger partial charge in [0.15, 0.2) is 0 Å². The Labute approximate surface area is 125 Å². The summed E-state index contributed by atoms with van der Waals surface area (Å²) in [6.07, 6.45) is 0.370. The van der Waals surface area contributed by atoms with Gasteiger partial charge in [-0.2, -0.15) is 0 Å². The van der Waals surface area contributed by atoms with Gasteiger partial charge in [-0.3, -0.25) is 4.79 Å². The van der Waals surface area contributed by atoms with E-state index in [9.17, 15) is 4.79 Å². The molecule has 0 atom stereocenters. The monoisotopic (exact) mass is 377 g/mol. The van der Waals surface area contributed by atoms with Gasteiger partial charge in [-0.15, -0.1) is 0 Å². The predicted octanol–water partition coefficient (Wildman–Crippen LogP) is 4.21. The highest BCUT2D eigenvalue weighted by Gasteiger charge is 2.06. The normalized spacial score (nSPS) is 10.7. The van der Waals surface area contributed by atoms with Crippen molar-refractivity contribution >= 4 is 43.5 Å². The number of hydrogen-bond acceptors (Lipinski definition) is 2. The molecule has 1 N–H and O–H groups in total. The SMILES string of the molecule is CC(C)COCCC(=O)Nc1ccc(Br)cc1Br. The summed E-state index contributed by atoms with van der Waals surface area (Å²) in [4.78, 5) is 11.7. The van der Waals surface area contributed by atoms with Gasteiger partial charge in [-0.25, -0.2) is 0 Å². The number of rotatable bonds is 6. The Morgan fingerprint density at radius 1 is 1.39 bits per heavy atom. The summed E-state index contributed by atoms with van der Waals surface area (Å²) >= 11 is 6.77. The predicted molar refractivity (Wildman–Crippen MR) is 80.7 cm³/mol. The summed E-state index contributed by atoms with van der Waals surface area (Å²) in [7, 11) is 0. The zero-order chi connectivity index (χ0) is 13.5. The molecule has 1 amide bonds. The highest BCUT2D eigenvalue weighted by Crippen LogP contribution is 2.26. The van der Waals surface area contributed by atoms with Crippen molar-refractivity contribution in [2.45, 2.75) is 20.3 Å². The Hall–Kier alpha value is -0.390.